The molecule has 46 heavy (non-hydrogen) atoms. The van der Waals surface area contributed by atoms with Crippen LogP contribution in [0.15, 0.2) is 121 Å². The van der Waals surface area contributed by atoms with Gasteiger partial charge in [-0.15, -0.1) is 0 Å². The SMILES string of the molecule is COc1ccc(CNc2ncc3c(C(=O)c4cncc(N=C(c5ccccc5)c5ccccc5)c4)cn(C45CC(C4)C5)c3n2)cc1. The molecule has 3 fully saturated rings. The fourth-order valence-corrected chi connectivity index (χ4v) is 6.67. The molecule has 3 aliphatic rings. The first-order chi connectivity index (χ1) is 22.6. The van der Waals surface area contributed by atoms with E-state index in [0.29, 0.717) is 29.3 Å². The molecular weight excluding hydrogens is 572 g/mol. The third-order valence-corrected chi connectivity index (χ3v) is 9.24. The number of aliphatic imine (C=N–C) groups is 1. The number of ether oxygens (including phenoxy) is 1. The number of methoxy groups -OCH3 is 1. The summed E-state index contributed by atoms with van der Waals surface area (Å²) < 4.78 is 7.50. The van der Waals surface area contributed by atoms with Crippen molar-refractivity contribution in [3.63, 3.8) is 0 Å². The Morgan fingerprint density at radius 3 is 2.24 bits per heavy atom. The van der Waals surface area contributed by atoms with Gasteiger partial charge in [0.15, 0.2) is 5.78 Å². The highest BCUT2D eigenvalue weighted by molar-refractivity contribution is 6.17. The highest BCUT2D eigenvalue weighted by atomic mass is 16.5. The van der Waals surface area contributed by atoms with Crippen LogP contribution in [0.2, 0.25) is 0 Å². The van der Waals surface area contributed by atoms with Crippen molar-refractivity contribution in [1.29, 1.82) is 0 Å². The predicted molar refractivity (Wildman–Crippen MR) is 179 cm³/mol. The van der Waals surface area contributed by atoms with Crippen molar-refractivity contribution >= 4 is 34.2 Å². The first-order valence-electron chi connectivity index (χ1n) is 15.5. The normalized spacial score (nSPS) is 17.9. The first kappa shape index (κ1) is 27.9. The number of aromatic nitrogens is 4. The number of carbonyl (C=O) groups is 1. The summed E-state index contributed by atoms with van der Waals surface area (Å²) in [5.41, 5.74) is 6.36. The van der Waals surface area contributed by atoms with Gasteiger partial charge in [0, 0.05) is 52.8 Å². The average molecular weight is 605 g/mol. The molecule has 6 aromatic rings. The van der Waals surface area contributed by atoms with Crippen molar-refractivity contribution in [3.05, 3.63) is 144 Å². The van der Waals surface area contributed by atoms with Crippen molar-refractivity contribution in [1.82, 2.24) is 19.5 Å². The summed E-state index contributed by atoms with van der Waals surface area (Å²) in [6, 6.07) is 29.8. The van der Waals surface area contributed by atoms with Crippen LogP contribution >= 0.6 is 0 Å². The third kappa shape index (κ3) is 5.01. The van der Waals surface area contributed by atoms with Gasteiger partial charge < -0.3 is 14.6 Å². The van der Waals surface area contributed by atoms with Crippen LogP contribution in [-0.2, 0) is 12.1 Å². The van der Waals surface area contributed by atoms with Crippen LogP contribution in [0.3, 0.4) is 0 Å². The summed E-state index contributed by atoms with van der Waals surface area (Å²) >= 11 is 0. The maximum atomic E-state index is 14.2. The van der Waals surface area contributed by atoms with Gasteiger partial charge in [0.05, 0.1) is 30.3 Å². The van der Waals surface area contributed by atoms with E-state index in [1.165, 1.54) is 0 Å². The fourth-order valence-electron chi connectivity index (χ4n) is 6.67. The van der Waals surface area contributed by atoms with Crippen molar-refractivity contribution in [3.8, 4) is 5.75 Å². The van der Waals surface area contributed by atoms with Crippen LogP contribution in [0.25, 0.3) is 11.0 Å². The Kier molecular flexibility index (Phi) is 6.90. The molecule has 0 aliphatic heterocycles. The summed E-state index contributed by atoms with van der Waals surface area (Å²) in [6.45, 7) is 0.572. The second kappa shape index (κ2) is 11.4. The van der Waals surface area contributed by atoms with Crippen LogP contribution in [0.1, 0.15) is 51.9 Å². The van der Waals surface area contributed by atoms with Gasteiger partial charge in [-0.3, -0.25) is 9.78 Å². The van der Waals surface area contributed by atoms with E-state index < -0.39 is 0 Å². The van der Waals surface area contributed by atoms with Gasteiger partial charge in [-0.2, -0.15) is 4.98 Å². The Morgan fingerprint density at radius 1 is 0.913 bits per heavy atom. The molecule has 0 unspecified atom stereocenters. The molecule has 0 atom stereocenters. The van der Waals surface area contributed by atoms with E-state index in [0.717, 1.165) is 64.4 Å². The van der Waals surface area contributed by atoms with Gasteiger partial charge in [-0.25, -0.2) is 9.98 Å². The molecule has 1 N–H and O–H groups in total. The third-order valence-electron chi connectivity index (χ3n) is 9.24. The maximum Gasteiger partial charge on any atom is 0.224 e. The number of pyridine rings is 1. The van der Waals surface area contributed by atoms with Gasteiger partial charge in [-0.05, 0) is 48.9 Å². The molecule has 0 amide bonds. The molecule has 0 radical (unpaired) electrons. The number of benzene rings is 3. The van der Waals surface area contributed by atoms with E-state index in [1.807, 2.05) is 97.2 Å². The smallest absolute Gasteiger partial charge is 0.224 e. The molecule has 3 aromatic carbocycles. The second-order valence-corrected chi connectivity index (χ2v) is 12.2. The summed E-state index contributed by atoms with van der Waals surface area (Å²) in [7, 11) is 1.66. The van der Waals surface area contributed by atoms with E-state index >= 15 is 0 Å². The summed E-state index contributed by atoms with van der Waals surface area (Å²) in [4.78, 5) is 33.2. The molecule has 0 saturated heterocycles. The molecule has 3 saturated carbocycles. The van der Waals surface area contributed by atoms with Crippen LogP contribution in [0, 0.1) is 5.92 Å². The van der Waals surface area contributed by atoms with E-state index in [9.17, 15) is 4.79 Å². The minimum Gasteiger partial charge on any atom is -0.497 e. The second-order valence-electron chi connectivity index (χ2n) is 12.2. The zero-order valence-corrected chi connectivity index (χ0v) is 25.4. The Balaban J connectivity index is 1.13. The largest absolute Gasteiger partial charge is 0.497 e. The molecule has 9 rings (SSSR count). The highest BCUT2D eigenvalue weighted by Crippen LogP contribution is 2.63. The van der Waals surface area contributed by atoms with Crippen LogP contribution in [-0.4, -0.2) is 38.1 Å². The number of hydrogen-bond donors (Lipinski definition) is 1. The standard InChI is InChI=1S/C38H32N6O2/c1-46-31-14-12-25(13-15-31)20-40-37-41-23-32-33(24-44(36(32)43-37)38-17-26(18-38)19-38)35(45)29-16-30(22-39-21-29)42-34(27-8-4-2-5-9-27)28-10-6-3-7-11-28/h2-16,21-24,26H,17-20H2,1H3,(H,40,41,43). The van der Waals surface area contributed by atoms with Gasteiger partial charge in [0.2, 0.25) is 5.95 Å². The van der Waals surface area contributed by atoms with Gasteiger partial charge in [-0.1, -0.05) is 72.8 Å². The van der Waals surface area contributed by atoms with Crippen molar-refractivity contribution in [2.24, 2.45) is 10.9 Å². The lowest BCUT2D eigenvalue weighted by atomic mass is 9.49. The molecule has 0 spiro atoms. The first-order valence-corrected chi connectivity index (χ1v) is 15.5. The fraction of sp³-hybridized carbons (Fsp3) is 0.184. The number of nitrogens with zero attached hydrogens (tertiary/aromatic N) is 5. The summed E-state index contributed by atoms with van der Waals surface area (Å²) in [6.07, 6.45) is 10.4. The molecule has 3 aliphatic carbocycles. The van der Waals surface area contributed by atoms with E-state index in [-0.39, 0.29) is 11.3 Å². The molecule has 226 valence electrons. The molecule has 3 heterocycles. The van der Waals surface area contributed by atoms with Crippen molar-refractivity contribution in [2.75, 3.05) is 12.4 Å². The zero-order valence-electron chi connectivity index (χ0n) is 25.4. The Labute approximate surface area is 266 Å². The van der Waals surface area contributed by atoms with Gasteiger partial charge >= 0.3 is 0 Å². The lowest BCUT2D eigenvalue weighted by molar-refractivity contribution is -0.0859. The van der Waals surface area contributed by atoms with Crippen LogP contribution < -0.4 is 10.1 Å². The monoisotopic (exact) mass is 604 g/mol. The topological polar surface area (TPSA) is 94.3 Å². The van der Waals surface area contributed by atoms with Crippen molar-refractivity contribution < 1.29 is 9.53 Å². The predicted octanol–water partition coefficient (Wildman–Crippen LogP) is 7.36. The number of ketones is 1. The number of rotatable bonds is 10. The average Bonchev–Trinajstić information content (AvgIpc) is 3.44. The summed E-state index contributed by atoms with van der Waals surface area (Å²) in [5.74, 6) is 1.99. The van der Waals surface area contributed by atoms with Crippen LogP contribution in [0.5, 0.6) is 5.75 Å². The minimum atomic E-state index is -0.122. The van der Waals surface area contributed by atoms with Crippen LogP contribution in [0.4, 0.5) is 11.6 Å². The number of anilines is 1. The Hall–Kier alpha value is -5.63. The number of hydrogen-bond acceptors (Lipinski definition) is 7. The lowest BCUT2D eigenvalue weighted by Gasteiger charge is -2.62. The summed E-state index contributed by atoms with van der Waals surface area (Å²) in [5, 5.41) is 4.10. The highest BCUT2D eigenvalue weighted by Gasteiger charge is 2.58. The van der Waals surface area contributed by atoms with E-state index in [1.54, 1.807) is 25.7 Å². The molecule has 8 nitrogen and oxygen atoms in total. The van der Waals surface area contributed by atoms with Gasteiger partial charge in [0.1, 0.15) is 11.4 Å². The van der Waals surface area contributed by atoms with Gasteiger partial charge in [0.25, 0.3) is 0 Å². The Bertz CT molecular complexity index is 2030. The molecule has 3 aromatic heterocycles. The number of nitrogens with one attached hydrogen (secondary N) is 1. The molecular formula is C38H32N6O2. The number of fused-ring (bicyclic) bond motifs is 1. The number of carbonyl (C=O) groups excluding carboxylic acids is 1. The molecule has 2 bridgehead atoms. The zero-order chi connectivity index (χ0) is 31.1. The lowest BCUT2D eigenvalue weighted by Crippen LogP contribution is -2.59. The quantitative estimate of drug-likeness (QED) is 0.130. The Morgan fingerprint density at radius 2 is 1.61 bits per heavy atom. The van der Waals surface area contributed by atoms with Crippen molar-refractivity contribution in [2.45, 2.75) is 31.3 Å². The maximum absolute atomic E-state index is 14.2. The molecule has 8 heteroatoms. The van der Waals surface area contributed by atoms with E-state index in [2.05, 4.69) is 19.9 Å². The minimum absolute atomic E-state index is 0.0354. The van der Waals surface area contributed by atoms with E-state index in [4.69, 9.17) is 14.7 Å².